The molecule has 5 nitrogen and oxygen atoms in total. The van der Waals surface area contributed by atoms with E-state index in [9.17, 15) is 9.59 Å². The first-order valence-electron chi connectivity index (χ1n) is 11.5. The molecule has 34 heavy (non-hydrogen) atoms. The molecule has 6 heteroatoms. The Kier molecular flexibility index (Phi) is 6.94. The molecule has 0 atom stereocenters. The number of piperazine rings is 1. The number of nitrogens with zero attached hydrogens (tertiary/aromatic N) is 2. The highest BCUT2D eigenvalue weighted by atomic mass is 35.5. The first-order valence-corrected chi connectivity index (χ1v) is 11.9. The van der Waals surface area contributed by atoms with Crippen molar-refractivity contribution in [1.29, 1.82) is 0 Å². The molecule has 4 rings (SSSR count). The normalized spacial score (nSPS) is 14.1. The summed E-state index contributed by atoms with van der Waals surface area (Å²) in [5, 5.41) is 3.43. The first kappa shape index (κ1) is 23.8. The van der Waals surface area contributed by atoms with E-state index in [1.807, 2.05) is 41.3 Å². The number of amides is 2. The van der Waals surface area contributed by atoms with Gasteiger partial charge in [0.1, 0.15) is 0 Å². The maximum Gasteiger partial charge on any atom is 0.255 e. The maximum absolute atomic E-state index is 12.9. The third-order valence-electron chi connectivity index (χ3n) is 6.14. The van der Waals surface area contributed by atoms with Gasteiger partial charge in [-0.2, -0.15) is 0 Å². The van der Waals surface area contributed by atoms with Crippen LogP contribution in [0.3, 0.4) is 0 Å². The molecule has 1 fully saturated rings. The number of nitrogens with one attached hydrogen (secondary N) is 1. The summed E-state index contributed by atoms with van der Waals surface area (Å²) < 4.78 is 0. The lowest BCUT2D eigenvalue weighted by molar-refractivity contribution is 0.0746. The highest BCUT2D eigenvalue weighted by molar-refractivity contribution is 6.31. The molecule has 176 valence electrons. The Morgan fingerprint density at radius 2 is 1.47 bits per heavy atom. The summed E-state index contributed by atoms with van der Waals surface area (Å²) >= 11 is 5.98. The lowest BCUT2D eigenvalue weighted by Crippen LogP contribution is -2.48. The standard InChI is InChI=1S/C28H30ClN3O2/c1-28(2,3)22-9-7-20(8-10-22)27(34)32-17-15-31(16-18-32)25-13-11-24(12-14-25)30-26(33)21-5-4-6-23(29)19-21/h4-14,19H,15-18H2,1-3H3,(H,30,33). The molecule has 1 aliphatic heterocycles. The molecule has 1 aliphatic rings. The van der Waals surface area contributed by atoms with Gasteiger partial charge in [0.05, 0.1) is 0 Å². The zero-order chi connectivity index (χ0) is 24.3. The van der Waals surface area contributed by atoms with Crippen molar-refractivity contribution in [2.45, 2.75) is 26.2 Å². The lowest BCUT2D eigenvalue weighted by Gasteiger charge is -2.36. The number of benzene rings is 3. The number of hydrogen-bond acceptors (Lipinski definition) is 3. The fourth-order valence-electron chi connectivity index (χ4n) is 4.05. The van der Waals surface area contributed by atoms with Gasteiger partial charge >= 0.3 is 0 Å². The van der Waals surface area contributed by atoms with Crippen LogP contribution in [0.4, 0.5) is 11.4 Å². The maximum atomic E-state index is 12.9. The number of anilines is 2. The summed E-state index contributed by atoms with van der Waals surface area (Å²) in [7, 11) is 0. The molecule has 1 heterocycles. The van der Waals surface area contributed by atoms with Crippen LogP contribution in [0.15, 0.2) is 72.8 Å². The summed E-state index contributed by atoms with van der Waals surface area (Å²) in [6.07, 6.45) is 0. The van der Waals surface area contributed by atoms with Crippen molar-refractivity contribution in [1.82, 2.24) is 4.90 Å². The van der Waals surface area contributed by atoms with Crippen molar-refractivity contribution in [2.24, 2.45) is 0 Å². The van der Waals surface area contributed by atoms with E-state index in [0.717, 1.165) is 30.0 Å². The van der Waals surface area contributed by atoms with Crippen LogP contribution in [-0.4, -0.2) is 42.9 Å². The van der Waals surface area contributed by atoms with E-state index < -0.39 is 0 Å². The molecule has 3 aromatic rings. The van der Waals surface area contributed by atoms with Crippen molar-refractivity contribution < 1.29 is 9.59 Å². The molecule has 0 radical (unpaired) electrons. The fourth-order valence-corrected chi connectivity index (χ4v) is 4.24. The van der Waals surface area contributed by atoms with E-state index in [-0.39, 0.29) is 17.2 Å². The third kappa shape index (κ3) is 5.60. The first-order chi connectivity index (χ1) is 16.2. The Bertz CT molecular complexity index is 1160. The van der Waals surface area contributed by atoms with Crippen LogP contribution >= 0.6 is 11.6 Å². The number of halogens is 1. The highest BCUT2D eigenvalue weighted by Crippen LogP contribution is 2.24. The van der Waals surface area contributed by atoms with Gasteiger partial charge in [0, 0.05) is 53.7 Å². The molecule has 1 saturated heterocycles. The Hall–Kier alpha value is -3.31. The molecular weight excluding hydrogens is 446 g/mol. The van der Waals surface area contributed by atoms with Crippen molar-refractivity contribution in [3.05, 3.63) is 94.5 Å². The molecular formula is C28H30ClN3O2. The summed E-state index contributed by atoms with van der Waals surface area (Å²) in [4.78, 5) is 29.5. The van der Waals surface area contributed by atoms with Crippen molar-refractivity contribution in [3.63, 3.8) is 0 Å². The van der Waals surface area contributed by atoms with Crippen LogP contribution < -0.4 is 10.2 Å². The van der Waals surface area contributed by atoms with Gasteiger partial charge < -0.3 is 15.1 Å². The minimum Gasteiger partial charge on any atom is -0.368 e. The van der Waals surface area contributed by atoms with Gasteiger partial charge in [-0.05, 0) is 65.6 Å². The molecule has 0 unspecified atom stereocenters. The van der Waals surface area contributed by atoms with Crippen LogP contribution in [0.2, 0.25) is 5.02 Å². The van der Waals surface area contributed by atoms with Gasteiger partial charge in [-0.3, -0.25) is 9.59 Å². The quantitative estimate of drug-likeness (QED) is 0.514. The number of carbonyl (C=O) groups excluding carboxylic acids is 2. The molecule has 0 bridgehead atoms. The van der Waals surface area contributed by atoms with Crippen LogP contribution in [0.25, 0.3) is 0 Å². The van der Waals surface area contributed by atoms with Gasteiger partial charge in [-0.25, -0.2) is 0 Å². The summed E-state index contributed by atoms with van der Waals surface area (Å²) in [5.74, 6) is -0.114. The average molecular weight is 476 g/mol. The zero-order valence-corrected chi connectivity index (χ0v) is 20.6. The molecule has 0 aliphatic carbocycles. The molecule has 0 aromatic heterocycles. The van der Waals surface area contributed by atoms with Crippen LogP contribution in [-0.2, 0) is 5.41 Å². The van der Waals surface area contributed by atoms with Crippen molar-refractivity contribution in [2.75, 3.05) is 36.4 Å². The van der Waals surface area contributed by atoms with Crippen molar-refractivity contribution >= 4 is 34.8 Å². The number of hydrogen-bond donors (Lipinski definition) is 1. The minimum absolute atomic E-state index is 0.0703. The van der Waals surface area contributed by atoms with Crippen LogP contribution in [0.5, 0.6) is 0 Å². The average Bonchev–Trinajstić information content (AvgIpc) is 2.84. The van der Waals surface area contributed by atoms with Gasteiger partial charge in [0.2, 0.25) is 0 Å². The second-order valence-corrected chi connectivity index (χ2v) is 10.1. The minimum atomic E-state index is -0.196. The largest absolute Gasteiger partial charge is 0.368 e. The van der Waals surface area contributed by atoms with E-state index in [0.29, 0.717) is 23.7 Å². The Morgan fingerprint density at radius 1 is 0.824 bits per heavy atom. The Balaban J connectivity index is 1.32. The van der Waals surface area contributed by atoms with E-state index >= 15 is 0 Å². The predicted molar refractivity (Wildman–Crippen MR) is 139 cm³/mol. The number of carbonyl (C=O) groups is 2. The molecule has 3 aromatic carbocycles. The molecule has 0 saturated carbocycles. The fraction of sp³-hybridized carbons (Fsp3) is 0.286. The third-order valence-corrected chi connectivity index (χ3v) is 6.38. The van der Waals surface area contributed by atoms with Crippen LogP contribution in [0.1, 0.15) is 47.1 Å². The van der Waals surface area contributed by atoms with Gasteiger partial charge in [0.15, 0.2) is 0 Å². The summed E-state index contributed by atoms with van der Waals surface area (Å²) in [5.41, 5.74) is 4.34. The molecule has 0 spiro atoms. The summed E-state index contributed by atoms with van der Waals surface area (Å²) in [6.45, 7) is 9.38. The molecule has 1 N–H and O–H groups in total. The van der Waals surface area contributed by atoms with Crippen molar-refractivity contribution in [3.8, 4) is 0 Å². The van der Waals surface area contributed by atoms with E-state index in [4.69, 9.17) is 11.6 Å². The Labute approximate surface area is 206 Å². The smallest absolute Gasteiger partial charge is 0.255 e. The monoisotopic (exact) mass is 475 g/mol. The SMILES string of the molecule is CC(C)(C)c1ccc(C(=O)N2CCN(c3ccc(NC(=O)c4cccc(Cl)c4)cc3)CC2)cc1. The summed E-state index contributed by atoms with van der Waals surface area (Å²) in [6, 6.07) is 22.6. The number of rotatable bonds is 4. The van der Waals surface area contributed by atoms with E-state index in [1.54, 1.807) is 24.3 Å². The second-order valence-electron chi connectivity index (χ2n) is 9.62. The highest BCUT2D eigenvalue weighted by Gasteiger charge is 2.23. The zero-order valence-electron chi connectivity index (χ0n) is 19.8. The van der Waals surface area contributed by atoms with E-state index in [1.165, 1.54) is 5.56 Å². The molecule has 2 amide bonds. The van der Waals surface area contributed by atoms with Crippen LogP contribution in [0, 0.1) is 0 Å². The van der Waals surface area contributed by atoms with E-state index in [2.05, 4.69) is 43.1 Å². The topological polar surface area (TPSA) is 52.7 Å². The predicted octanol–water partition coefficient (Wildman–Crippen LogP) is 5.85. The Morgan fingerprint density at radius 3 is 2.06 bits per heavy atom. The second kappa shape index (κ2) is 9.90. The van der Waals surface area contributed by atoms with Gasteiger partial charge in [0.25, 0.3) is 11.8 Å². The van der Waals surface area contributed by atoms with Gasteiger partial charge in [-0.15, -0.1) is 0 Å². The van der Waals surface area contributed by atoms with Gasteiger partial charge in [-0.1, -0.05) is 50.6 Å². The lowest BCUT2D eigenvalue weighted by atomic mass is 9.86.